The summed E-state index contributed by atoms with van der Waals surface area (Å²) in [5.41, 5.74) is 8.58. The molecular weight excluding hydrogens is 242 g/mol. The van der Waals surface area contributed by atoms with Gasteiger partial charge in [-0.05, 0) is 12.8 Å². The Morgan fingerprint density at radius 2 is 2.06 bits per heavy atom. The molecule has 17 heavy (non-hydrogen) atoms. The largest absolute Gasteiger partial charge is 0.497 e. The van der Waals surface area contributed by atoms with Crippen molar-refractivity contribution in [3.8, 4) is 0 Å². The maximum Gasteiger partial charge on any atom is 0.399 e. The number of aromatic nitrogens is 3. The van der Waals surface area contributed by atoms with Gasteiger partial charge in [0.15, 0.2) is 14.7 Å². The van der Waals surface area contributed by atoms with Crippen LogP contribution >= 0.6 is 0 Å². The fourth-order valence-electron chi connectivity index (χ4n) is 2.11. The lowest BCUT2D eigenvalue weighted by Crippen LogP contribution is -2.30. The van der Waals surface area contributed by atoms with E-state index in [2.05, 4.69) is 20.2 Å². The van der Waals surface area contributed by atoms with E-state index in [9.17, 15) is 8.42 Å². The van der Waals surface area contributed by atoms with Crippen LogP contribution in [0.2, 0.25) is 0 Å². The van der Waals surface area contributed by atoms with Crippen molar-refractivity contribution in [1.82, 2.24) is 15.4 Å². The van der Waals surface area contributed by atoms with Crippen LogP contribution in [0.5, 0.6) is 0 Å². The number of sulfone groups is 1. The molecule has 0 amide bonds. The molecule has 7 nitrogen and oxygen atoms in total. The van der Waals surface area contributed by atoms with E-state index < -0.39 is 15.1 Å². The quantitative estimate of drug-likeness (QED) is 0.593. The Kier molecular flexibility index (Phi) is 3.35. The van der Waals surface area contributed by atoms with Crippen LogP contribution in [0.15, 0.2) is 11.1 Å². The van der Waals surface area contributed by atoms with Crippen molar-refractivity contribution in [3.05, 3.63) is 17.2 Å². The standard InChI is InChI=1S/C9H13N5O2S/c10-12-9-8(6-11-14-13-9)17(15,16)7-4-2-1-3-5-7/h6-7H,1-5H2,(H,11,13). The Labute approximate surface area is 98.4 Å². The highest BCUT2D eigenvalue weighted by Crippen LogP contribution is 2.26. The molecule has 0 atom stereocenters. The average Bonchev–Trinajstić information content (AvgIpc) is 2.39. The van der Waals surface area contributed by atoms with Gasteiger partial charge in [-0.25, -0.2) is 8.42 Å². The van der Waals surface area contributed by atoms with Gasteiger partial charge in [0.1, 0.15) is 0 Å². The van der Waals surface area contributed by atoms with Crippen LogP contribution in [0.1, 0.15) is 32.1 Å². The van der Waals surface area contributed by atoms with Crippen molar-refractivity contribution in [3.63, 3.8) is 0 Å². The van der Waals surface area contributed by atoms with Gasteiger partial charge < -0.3 is 10.3 Å². The van der Waals surface area contributed by atoms with Crippen molar-refractivity contribution in [2.24, 2.45) is 0 Å². The first kappa shape index (κ1) is 11.9. The summed E-state index contributed by atoms with van der Waals surface area (Å²) in [4.78, 5) is 2.81. The van der Waals surface area contributed by atoms with Gasteiger partial charge in [0.25, 0.3) is 0 Å². The van der Waals surface area contributed by atoms with Gasteiger partial charge >= 0.3 is 5.49 Å². The minimum absolute atomic E-state index is 0.0816. The molecule has 0 bridgehead atoms. The molecule has 0 aromatic carbocycles. The fraction of sp³-hybridized carbons (Fsp3) is 0.667. The first-order chi connectivity index (χ1) is 8.16. The summed E-state index contributed by atoms with van der Waals surface area (Å²) in [6.45, 7) is 0. The number of aromatic amines is 1. The van der Waals surface area contributed by atoms with Crippen LogP contribution in [-0.2, 0) is 9.84 Å². The SMILES string of the molecule is [N-]=[N+]=c1[nH]nncc1S(=O)(=O)C1CCCCC1. The smallest absolute Gasteiger partial charge is 0.399 e. The third-order valence-electron chi connectivity index (χ3n) is 3.02. The topological polar surface area (TPSA) is 112 Å². The summed E-state index contributed by atoms with van der Waals surface area (Å²) < 4.78 is 24.6. The van der Waals surface area contributed by atoms with E-state index in [1.165, 1.54) is 0 Å². The summed E-state index contributed by atoms with van der Waals surface area (Å²) in [6.07, 6.45) is 5.32. The van der Waals surface area contributed by atoms with Crippen molar-refractivity contribution in [1.29, 1.82) is 0 Å². The van der Waals surface area contributed by atoms with Gasteiger partial charge in [0.05, 0.1) is 11.4 Å². The van der Waals surface area contributed by atoms with Crippen molar-refractivity contribution >= 4 is 9.84 Å². The van der Waals surface area contributed by atoms with Gasteiger partial charge in [-0.1, -0.05) is 19.3 Å². The average molecular weight is 255 g/mol. The molecule has 1 N–H and O–H groups in total. The second kappa shape index (κ2) is 4.77. The van der Waals surface area contributed by atoms with Gasteiger partial charge in [-0.2, -0.15) is 0 Å². The lowest BCUT2D eigenvalue weighted by atomic mass is 10.0. The zero-order valence-corrected chi connectivity index (χ0v) is 10.0. The molecule has 1 saturated carbocycles. The van der Waals surface area contributed by atoms with Crippen LogP contribution in [0.3, 0.4) is 0 Å². The predicted octanol–water partition coefficient (Wildman–Crippen LogP) is 0.0416. The van der Waals surface area contributed by atoms with E-state index in [4.69, 9.17) is 5.53 Å². The summed E-state index contributed by atoms with van der Waals surface area (Å²) in [6, 6.07) is 0. The Balaban J connectivity index is 2.48. The Morgan fingerprint density at radius 3 is 2.71 bits per heavy atom. The number of nitrogens with one attached hydrogen (secondary N) is 1. The van der Waals surface area contributed by atoms with Crippen molar-refractivity contribution in [2.45, 2.75) is 42.2 Å². The summed E-state index contributed by atoms with van der Waals surface area (Å²) in [7, 11) is -3.49. The third-order valence-corrected chi connectivity index (χ3v) is 5.28. The maximum atomic E-state index is 12.3. The first-order valence-electron chi connectivity index (χ1n) is 5.48. The molecule has 0 radical (unpaired) electrons. The van der Waals surface area contributed by atoms with Gasteiger partial charge in [0.2, 0.25) is 0 Å². The second-order valence-corrected chi connectivity index (χ2v) is 6.27. The summed E-state index contributed by atoms with van der Waals surface area (Å²) >= 11 is 0. The number of hydrogen-bond donors (Lipinski definition) is 1. The molecule has 0 spiro atoms. The highest BCUT2D eigenvalue weighted by atomic mass is 32.2. The predicted molar refractivity (Wildman–Crippen MR) is 57.2 cm³/mol. The molecule has 0 saturated heterocycles. The van der Waals surface area contributed by atoms with Crippen molar-refractivity contribution < 1.29 is 13.2 Å². The number of hydrogen-bond acceptors (Lipinski definition) is 4. The number of nitrogens with zero attached hydrogens (tertiary/aromatic N) is 4. The van der Waals surface area contributed by atoms with Crippen molar-refractivity contribution in [2.75, 3.05) is 0 Å². The van der Waals surface area contributed by atoms with Crippen LogP contribution < -0.4 is 5.49 Å². The molecule has 8 heteroatoms. The van der Waals surface area contributed by atoms with E-state index in [-0.39, 0.29) is 10.4 Å². The number of rotatable bonds is 2. The molecule has 1 aliphatic carbocycles. The van der Waals surface area contributed by atoms with E-state index in [0.717, 1.165) is 25.5 Å². The van der Waals surface area contributed by atoms with E-state index in [1.54, 1.807) is 0 Å². The highest BCUT2D eigenvalue weighted by Gasteiger charge is 2.32. The molecule has 1 aliphatic rings. The molecule has 0 unspecified atom stereocenters. The molecule has 0 aliphatic heterocycles. The maximum absolute atomic E-state index is 12.3. The van der Waals surface area contributed by atoms with Crippen LogP contribution in [0.25, 0.3) is 5.53 Å². The lowest BCUT2D eigenvalue weighted by Gasteiger charge is -2.20. The minimum atomic E-state index is -3.49. The minimum Gasteiger partial charge on any atom is -0.497 e. The van der Waals surface area contributed by atoms with E-state index in [1.807, 2.05) is 0 Å². The summed E-state index contributed by atoms with van der Waals surface area (Å²) in [5.74, 6) is 0. The van der Waals surface area contributed by atoms with Gasteiger partial charge in [-0.3, -0.25) is 0 Å². The molecule has 1 heterocycles. The Bertz CT molecular complexity index is 581. The molecule has 92 valence electrons. The van der Waals surface area contributed by atoms with Crippen LogP contribution in [0, 0.1) is 0 Å². The zero-order valence-electron chi connectivity index (χ0n) is 9.20. The molecular formula is C9H13N5O2S. The Hall–Kier alpha value is -1.53. The zero-order chi connectivity index (χ0) is 12.3. The van der Waals surface area contributed by atoms with Crippen LogP contribution in [0.4, 0.5) is 0 Å². The van der Waals surface area contributed by atoms with E-state index in [0.29, 0.717) is 12.8 Å². The third kappa shape index (κ3) is 2.27. The summed E-state index contributed by atoms with van der Waals surface area (Å²) in [5, 5.41) is 8.75. The first-order valence-corrected chi connectivity index (χ1v) is 7.03. The fourth-order valence-corrected chi connectivity index (χ4v) is 3.97. The molecule has 1 aromatic rings. The molecule has 1 aromatic heterocycles. The number of H-pyrrole nitrogens is 1. The molecule has 1 fully saturated rings. The lowest BCUT2D eigenvalue weighted by molar-refractivity contribution is -0.0785. The second-order valence-electron chi connectivity index (χ2n) is 4.07. The monoisotopic (exact) mass is 255 g/mol. The normalized spacial score (nSPS) is 17.6. The van der Waals surface area contributed by atoms with E-state index >= 15 is 0 Å². The van der Waals surface area contributed by atoms with Gasteiger partial charge in [0, 0.05) is 5.21 Å². The van der Waals surface area contributed by atoms with Gasteiger partial charge in [-0.15, -0.1) is 10.2 Å². The Morgan fingerprint density at radius 1 is 1.35 bits per heavy atom. The highest BCUT2D eigenvalue weighted by molar-refractivity contribution is 7.92. The molecule has 2 rings (SSSR count). The van der Waals surface area contributed by atoms with Crippen LogP contribution in [-0.4, -0.2) is 33.9 Å².